The summed E-state index contributed by atoms with van der Waals surface area (Å²) >= 11 is 0. The molecule has 3 rings (SSSR count). The fourth-order valence-corrected chi connectivity index (χ4v) is 3.83. The Hall–Kier alpha value is -1.62. The first-order chi connectivity index (χ1) is 11.1. The Morgan fingerprint density at radius 2 is 1.83 bits per heavy atom. The lowest BCUT2D eigenvalue weighted by atomic mass is 9.92. The Balaban J connectivity index is 1.48. The molecule has 126 valence electrons. The molecule has 3 heterocycles. The second-order valence-electron chi connectivity index (χ2n) is 7.20. The third-order valence-corrected chi connectivity index (χ3v) is 4.93. The smallest absolute Gasteiger partial charge is 0.236 e. The normalized spacial score (nSPS) is 26.3. The van der Waals surface area contributed by atoms with Crippen LogP contribution in [0.2, 0.25) is 0 Å². The van der Waals surface area contributed by atoms with Crippen LogP contribution in [0, 0.1) is 11.8 Å². The molecule has 0 N–H and O–H groups in total. The van der Waals surface area contributed by atoms with E-state index in [1.54, 1.807) is 0 Å². The zero-order valence-corrected chi connectivity index (χ0v) is 14.3. The van der Waals surface area contributed by atoms with Crippen LogP contribution in [0.4, 0.5) is 5.82 Å². The number of aromatic nitrogens is 1. The van der Waals surface area contributed by atoms with Crippen molar-refractivity contribution in [2.24, 2.45) is 11.8 Å². The fourth-order valence-electron chi connectivity index (χ4n) is 3.83. The van der Waals surface area contributed by atoms with Crippen molar-refractivity contribution in [2.75, 3.05) is 50.7 Å². The first kappa shape index (κ1) is 16.2. The molecule has 2 aliphatic rings. The summed E-state index contributed by atoms with van der Waals surface area (Å²) in [5.74, 6) is 2.60. The van der Waals surface area contributed by atoms with Crippen LogP contribution in [0.25, 0.3) is 0 Å². The minimum Gasteiger partial charge on any atom is -0.354 e. The van der Waals surface area contributed by atoms with E-state index in [-0.39, 0.29) is 0 Å². The number of piperazine rings is 1. The Labute approximate surface area is 139 Å². The van der Waals surface area contributed by atoms with Gasteiger partial charge in [0.2, 0.25) is 5.91 Å². The van der Waals surface area contributed by atoms with Crippen molar-refractivity contribution < 1.29 is 4.79 Å². The third kappa shape index (κ3) is 4.22. The summed E-state index contributed by atoms with van der Waals surface area (Å²) in [6.07, 6.45) is 3.08. The number of carbonyl (C=O) groups excluding carboxylic acids is 1. The van der Waals surface area contributed by atoms with Crippen LogP contribution in [0.15, 0.2) is 24.4 Å². The van der Waals surface area contributed by atoms with Gasteiger partial charge >= 0.3 is 0 Å². The fraction of sp³-hybridized carbons (Fsp3) is 0.667. The minimum absolute atomic E-state index is 0.301. The molecular formula is C18H28N4O. The van der Waals surface area contributed by atoms with Crippen molar-refractivity contribution in [1.29, 1.82) is 0 Å². The Morgan fingerprint density at radius 1 is 1.13 bits per heavy atom. The highest BCUT2D eigenvalue weighted by atomic mass is 16.2. The maximum atomic E-state index is 12.6. The van der Waals surface area contributed by atoms with Gasteiger partial charge in [-0.15, -0.1) is 0 Å². The zero-order valence-electron chi connectivity index (χ0n) is 14.3. The molecule has 2 unspecified atom stereocenters. The second-order valence-corrected chi connectivity index (χ2v) is 7.20. The summed E-state index contributed by atoms with van der Waals surface area (Å²) in [6, 6.07) is 6.02. The number of hydrogen-bond donors (Lipinski definition) is 0. The molecule has 1 aromatic heterocycles. The van der Waals surface area contributed by atoms with E-state index in [0.717, 1.165) is 45.1 Å². The van der Waals surface area contributed by atoms with E-state index >= 15 is 0 Å². The summed E-state index contributed by atoms with van der Waals surface area (Å²) in [4.78, 5) is 23.6. The average molecular weight is 316 g/mol. The highest BCUT2D eigenvalue weighted by molar-refractivity contribution is 5.78. The van der Waals surface area contributed by atoms with Crippen molar-refractivity contribution in [2.45, 2.75) is 20.3 Å². The van der Waals surface area contributed by atoms with Gasteiger partial charge in [-0.05, 0) is 30.4 Å². The molecule has 2 saturated heterocycles. The van der Waals surface area contributed by atoms with Crippen molar-refractivity contribution in [1.82, 2.24) is 14.8 Å². The molecule has 0 aromatic carbocycles. The van der Waals surface area contributed by atoms with Gasteiger partial charge in [0.1, 0.15) is 5.82 Å². The molecule has 2 atom stereocenters. The molecule has 0 radical (unpaired) electrons. The Morgan fingerprint density at radius 3 is 2.43 bits per heavy atom. The van der Waals surface area contributed by atoms with Gasteiger partial charge < -0.3 is 9.80 Å². The van der Waals surface area contributed by atoms with Crippen molar-refractivity contribution in [3.63, 3.8) is 0 Å². The maximum absolute atomic E-state index is 12.6. The van der Waals surface area contributed by atoms with Crippen LogP contribution < -0.4 is 4.90 Å². The number of likely N-dealkylation sites (tertiary alicyclic amines) is 1. The van der Waals surface area contributed by atoms with Crippen LogP contribution >= 0.6 is 0 Å². The van der Waals surface area contributed by atoms with Crippen LogP contribution in [0.5, 0.6) is 0 Å². The molecule has 2 fully saturated rings. The number of hydrogen-bond acceptors (Lipinski definition) is 4. The minimum atomic E-state index is 0.301. The SMILES string of the molecule is CC1CC(C)CN(C(=O)CN2CCN(c3ccccn3)CC2)C1. The molecule has 5 heteroatoms. The zero-order chi connectivity index (χ0) is 16.2. The van der Waals surface area contributed by atoms with E-state index in [4.69, 9.17) is 0 Å². The highest BCUT2D eigenvalue weighted by Gasteiger charge is 2.27. The van der Waals surface area contributed by atoms with Crippen molar-refractivity contribution in [3.8, 4) is 0 Å². The van der Waals surface area contributed by atoms with Crippen LogP contribution in [-0.2, 0) is 4.79 Å². The lowest BCUT2D eigenvalue weighted by molar-refractivity contribution is -0.135. The quantitative estimate of drug-likeness (QED) is 0.851. The monoisotopic (exact) mass is 316 g/mol. The molecule has 0 aliphatic carbocycles. The number of amides is 1. The molecular weight excluding hydrogens is 288 g/mol. The molecule has 1 amide bonds. The lowest BCUT2D eigenvalue weighted by Crippen LogP contribution is -2.52. The lowest BCUT2D eigenvalue weighted by Gasteiger charge is -2.38. The van der Waals surface area contributed by atoms with E-state index in [2.05, 4.69) is 39.6 Å². The van der Waals surface area contributed by atoms with Crippen molar-refractivity contribution in [3.05, 3.63) is 24.4 Å². The molecule has 0 spiro atoms. The molecule has 0 saturated carbocycles. The summed E-state index contributed by atoms with van der Waals surface area (Å²) < 4.78 is 0. The van der Waals surface area contributed by atoms with Crippen molar-refractivity contribution >= 4 is 11.7 Å². The number of carbonyl (C=O) groups is 1. The first-order valence-electron chi connectivity index (χ1n) is 8.78. The number of anilines is 1. The second kappa shape index (κ2) is 7.30. The third-order valence-electron chi connectivity index (χ3n) is 4.93. The van der Waals surface area contributed by atoms with Gasteiger partial charge in [0, 0.05) is 45.5 Å². The van der Waals surface area contributed by atoms with E-state index in [9.17, 15) is 4.79 Å². The van der Waals surface area contributed by atoms with Gasteiger partial charge in [0.05, 0.1) is 6.54 Å². The van der Waals surface area contributed by atoms with E-state index in [0.29, 0.717) is 24.3 Å². The van der Waals surface area contributed by atoms with Gasteiger partial charge in [0.15, 0.2) is 0 Å². The molecule has 5 nitrogen and oxygen atoms in total. The predicted molar refractivity (Wildman–Crippen MR) is 92.4 cm³/mol. The standard InChI is InChI=1S/C18H28N4O/c1-15-11-16(2)13-22(12-15)18(23)14-20-7-9-21(10-8-20)17-5-3-4-6-19-17/h3-6,15-16H,7-14H2,1-2H3. The van der Waals surface area contributed by atoms with Gasteiger partial charge in [-0.1, -0.05) is 19.9 Å². The topological polar surface area (TPSA) is 39.7 Å². The summed E-state index contributed by atoms with van der Waals surface area (Å²) in [5.41, 5.74) is 0. The van der Waals surface area contributed by atoms with Crippen LogP contribution in [0.1, 0.15) is 20.3 Å². The van der Waals surface area contributed by atoms with E-state index < -0.39 is 0 Å². The van der Waals surface area contributed by atoms with E-state index in [1.165, 1.54) is 6.42 Å². The number of nitrogens with zero attached hydrogens (tertiary/aromatic N) is 4. The molecule has 23 heavy (non-hydrogen) atoms. The Kier molecular flexibility index (Phi) is 5.16. The van der Waals surface area contributed by atoms with Gasteiger partial charge in [-0.25, -0.2) is 4.98 Å². The number of rotatable bonds is 3. The number of pyridine rings is 1. The van der Waals surface area contributed by atoms with Gasteiger partial charge in [-0.2, -0.15) is 0 Å². The highest BCUT2D eigenvalue weighted by Crippen LogP contribution is 2.21. The largest absolute Gasteiger partial charge is 0.354 e. The van der Waals surface area contributed by atoms with E-state index in [1.807, 2.05) is 18.3 Å². The summed E-state index contributed by atoms with van der Waals surface area (Å²) in [5, 5.41) is 0. The maximum Gasteiger partial charge on any atom is 0.236 e. The molecule has 2 aliphatic heterocycles. The first-order valence-corrected chi connectivity index (χ1v) is 8.78. The van der Waals surface area contributed by atoms with Crippen LogP contribution in [0.3, 0.4) is 0 Å². The van der Waals surface area contributed by atoms with Crippen LogP contribution in [-0.4, -0.2) is 66.5 Å². The average Bonchev–Trinajstić information content (AvgIpc) is 2.55. The molecule has 0 bridgehead atoms. The molecule has 1 aromatic rings. The van der Waals surface area contributed by atoms with Gasteiger partial charge in [-0.3, -0.25) is 9.69 Å². The summed E-state index contributed by atoms with van der Waals surface area (Å²) in [6.45, 7) is 10.7. The Bertz CT molecular complexity index is 503. The predicted octanol–water partition coefficient (Wildman–Crippen LogP) is 1.71. The van der Waals surface area contributed by atoms with Gasteiger partial charge in [0.25, 0.3) is 0 Å². The number of piperidine rings is 1. The summed E-state index contributed by atoms with van der Waals surface area (Å²) in [7, 11) is 0.